The summed E-state index contributed by atoms with van der Waals surface area (Å²) >= 11 is 0. The lowest BCUT2D eigenvalue weighted by Crippen LogP contribution is -2.46. The third-order valence-electron chi connectivity index (χ3n) is 4.53. The molecular weight excluding hydrogens is 360 g/mol. The highest BCUT2D eigenvalue weighted by atomic mass is 16.6. The van der Waals surface area contributed by atoms with Crippen molar-refractivity contribution in [1.82, 2.24) is 9.80 Å². The van der Waals surface area contributed by atoms with E-state index in [1.54, 1.807) is 31.2 Å². The number of carbonyl (C=O) groups is 2. The first-order valence-corrected chi connectivity index (χ1v) is 9.67. The van der Waals surface area contributed by atoms with Crippen molar-refractivity contribution in [3.8, 4) is 11.5 Å². The van der Waals surface area contributed by atoms with Crippen LogP contribution in [0.5, 0.6) is 11.5 Å². The van der Waals surface area contributed by atoms with Gasteiger partial charge in [0.2, 0.25) is 0 Å². The lowest BCUT2D eigenvalue weighted by atomic mass is 9.97. The summed E-state index contributed by atoms with van der Waals surface area (Å²) in [6.07, 6.45) is 1.55. The number of piperidine rings is 1. The van der Waals surface area contributed by atoms with E-state index in [-0.39, 0.29) is 24.5 Å². The minimum atomic E-state index is -0.518. The van der Waals surface area contributed by atoms with Gasteiger partial charge in [-0.15, -0.1) is 0 Å². The van der Waals surface area contributed by atoms with Crippen LogP contribution < -0.4 is 9.47 Å². The van der Waals surface area contributed by atoms with Gasteiger partial charge in [0.1, 0.15) is 5.60 Å². The number of para-hydroxylation sites is 2. The largest absolute Gasteiger partial charge is 0.493 e. The number of likely N-dealkylation sites (tertiary alicyclic amines) is 1. The van der Waals surface area contributed by atoms with Gasteiger partial charge in [-0.2, -0.15) is 0 Å². The van der Waals surface area contributed by atoms with Gasteiger partial charge >= 0.3 is 6.09 Å². The first-order valence-electron chi connectivity index (χ1n) is 9.67. The number of amides is 2. The van der Waals surface area contributed by atoms with Crippen LogP contribution in [0.25, 0.3) is 0 Å². The molecule has 156 valence electrons. The van der Waals surface area contributed by atoms with Crippen LogP contribution in [0.15, 0.2) is 24.3 Å². The second kappa shape index (κ2) is 9.66. The minimum Gasteiger partial charge on any atom is -0.493 e. The Morgan fingerprint density at radius 2 is 1.89 bits per heavy atom. The number of nitrogens with zero attached hydrogens (tertiary/aromatic N) is 2. The van der Waals surface area contributed by atoms with Crippen LogP contribution in [0.4, 0.5) is 4.79 Å². The van der Waals surface area contributed by atoms with Gasteiger partial charge in [-0.3, -0.25) is 4.79 Å². The third-order valence-corrected chi connectivity index (χ3v) is 4.53. The minimum absolute atomic E-state index is 0.0327. The molecule has 1 fully saturated rings. The summed E-state index contributed by atoms with van der Waals surface area (Å²) in [5, 5.41) is 0. The molecule has 0 bridgehead atoms. The van der Waals surface area contributed by atoms with Gasteiger partial charge in [-0.25, -0.2) is 4.79 Å². The Morgan fingerprint density at radius 3 is 2.54 bits per heavy atom. The molecule has 0 N–H and O–H groups in total. The highest BCUT2D eigenvalue weighted by Crippen LogP contribution is 2.26. The zero-order chi connectivity index (χ0) is 20.7. The predicted octanol–water partition coefficient (Wildman–Crippen LogP) is 3.18. The number of hydrogen-bond donors (Lipinski definition) is 0. The Labute approximate surface area is 167 Å². The van der Waals surface area contributed by atoms with Gasteiger partial charge < -0.3 is 24.0 Å². The molecule has 0 aliphatic carbocycles. The van der Waals surface area contributed by atoms with Gasteiger partial charge in [-0.1, -0.05) is 12.1 Å². The molecule has 7 nitrogen and oxygen atoms in total. The van der Waals surface area contributed by atoms with Crippen LogP contribution in [0.1, 0.15) is 33.6 Å². The van der Waals surface area contributed by atoms with E-state index in [9.17, 15) is 9.59 Å². The zero-order valence-electron chi connectivity index (χ0n) is 17.6. The number of hydrogen-bond acceptors (Lipinski definition) is 5. The summed E-state index contributed by atoms with van der Waals surface area (Å²) in [6.45, 7) is 7.40. The van der Waals surface area contributed by atoms with Crippen molar-refractivity contribution in [1.29, 1.82) is 0 Å². The van der Waals surface area contributed by atoms with Gasteiger partial charge in [0.15, 0.2) is 18.1 Å². The Balaban J connectivity index is 1.85. The number of carbonyl (C=O) groups excluding carboxylic acids is 2. The van der Waals surface area contributed by atoms with Crippen molar-refractivity contribution in [3.05, 3.63) is 24.3 Å². The second-order valence-electron chi connectivity index (χ2n) is 8.15. The molecule has 2 amide bonds. The number of rotatable bonds is 6. The van der Waals surface area contributed by atoms with Crippen LogP contribution in [-0.4, -0.2) is 67.8 Å². The molecular formula is C21H32N2O5. The Morgan fingerprint density at radius 1 is 1.21 bits per heavy atom. The Bertz CT molecular complexity index is 671. The topological polar surface area (TPSA) is 68.3 Å². The standard InChI is InChI=1S/C21H32N2O5/c1-21(2,3)28-20(25)22(4)13-16-9-8-12-23(14-16)19(24)15-27-18-11-7-6-10-17(18)26-5/h6-7,10-11,16H,8-9,12-15H2,1-5H3. The molecule has 1 unspecified atom stereocenters. The fourth-order valence-electron chi connectivity index (χ4n) is 3.21. The van der Waals surface area contributed by atoms with E-state index >= 15 is 0 Å². The maximum atomic E-state index is 12.6. The van der Waals surface area contributed by atoms with E-state index < -0.39 is 5.60 Å². The number of benzene rings is 1. The average Bonchev–Trinajstić information content (AvgIpc) is 2.65. The van der Waals surface area contributed by atoms with Crippen molar-refractivity contribution < 1.29 is 23.8 Å². The van der Waals surface area contributed by atoms with Crippen LogP contribution in [0, 0.1) is 5.92 Å². The molecule has 1 atom stereocenters. The number of ether oxygens (including phenoxy) is 3. The van der Waals surface area contributed by atoms with Crippen molar-refractivity contribution in [2.24, 2.45) is 5.92 Å². The summed E-state index contributed by atoms with van der Waals surface area (Å²) in [6, 6.07) is 7.26. The third kappa shape index (κ3) is 6.62. The Kier molecular flexibility index (Phi) is 7.54. The van der Waals surface area contributed by atoms with E-state index in [1.807, 2.05) is 37.8 Å². The molecule has 1 aromatic carbocycles. The molecule has 2 rings (SSSR count). The smallest absolute Gasteiger partial charge is 0.410 e. The maximum absolute atomic E-state index is 12.6. The van der Waals surface area contributed by atoms with Gasteiger partial charge in [-0.05, 0) is 51.7 Å². The first kappa shape index (κ1) is 21.9. The summed E-state index contributed by atoms with van der Waals surface area (Å²) in [4.78, 5) is 28.1. The van der Waals surface area contributed by atoms with Crippen molar-refractivity contribution in [3.63, 3.8) is 0 Å². The molecule has 0 saturated carbocycles. The predicted molar refractivity (Wildman–Crippen MR) is 107 cm³/mol. The first-order chi connectivity index (χ1) is 13.2. The number of methoxy groups -OCH3 is 1. The molecule has 1 heterocycles. The summed E-state index contributed by atoms with van der Waals surface area (Å²) in [5.41, 5.74) is -0.518. The van der Waals surface area contributed by atoms with E-state index in [1.165, 1.54) is 0 Å². The molecule has 1 aliphatic rings. The van der Waals surface area contributed by atoms with E-state index in [2.05, 4.69) is 0 Å². The summed E-state index contributed by atoms with van der Waals surface area (Å²) in [7, 11) is 3.31. The Hall–Kier alpha value is -2.44. The van der Waals surface area contributed by atoms with Gasteiger partial charge in [0.25, 0.3) is 5.91 Å². The van der Waals surface area contributed by atoms with Crippen LogP contribution in [0.3, 0.4) is 0 Å². The molecule has 0 spiro atoms. The zero-order valence-corrected chi connectivity index (χ0v) is 17.6. The quantitative estimate of drug-likeness (QED) is 0.744. The van der Waals surface area contributed by atoms with Crippen LogP contribution >= 0.6 is 0 Å². The van der Waals surface area contributed by atoms with Crippen molar-refractivity contribution >= 4 is 12.0 Å². The summed E-state index contributed by atoms with van der Waals surface area (Å²) in [5.74, 6) is 1.32. The van der Waals surface area contributed by atoms with E-state index in [4.69, 9.17) is 14.2 Å². The fourth-order valence-corrected chi connectivity index (χ4v) is 3.21. The normalized spacial score (nSPS) is 17.0. The monoisotopic (exact) mass is 392 g/mol. The lowest BCUT2D eigenvalue weighted by Gasteiger charge is -2.35. The molecule has 1 saturated heterocycles. The van der Waals surface area contributed by atoms with E-state index in [0.29, 0.717) is 31.1 Å². The molecule has 1 aliphatic heterocycles. The second-order valence-corrected chi connectivity index (χ2v) is 8.15. The van der Waals surface area contributed by atoms with Crippen LogP contribution in [0.2, 0.25) is 0 Å². The SMILES string of the molecule is COc1ccccc1OCC(=O)N1CCCC(CN(C)C(=O)OC(C)(C)C)C1. The lowest BCUT2D eigenvalue weighted by molar-refractivity contribution is -0.135. The highest BCUT2D eigenvalue weighted by Gasteiger charge is 2.27. The molecule has 0 aromatic heterocycles. The average molecular weight is 392 g/mol. The molecule has 1 aromatic rings. The maximum Gasteiger partial charge on any atom is 0.410 e. The fraction of sp³-hybridized carbons (Fsp3) is 0.619. The molecule has 0 radical (unpaired) electrons. The van der Waals surface area contributed by atoms with Gasteiger partial charge in [0.05, 0.1) is 7.11 Å². The summed E-state index contributed by atoms with van der Waals surface area (Å²) < 4.78 is 16.3. The molecule has 7 heteroatoms. The van der Waals surface area contributed by atoms with E-state index in [0.717, 1.165) is 12.8 Å². The highest BCUT2D eigenvalue weighted by molar-refractivity contribution is 5.78. The van der Waals surface area contributed by atoms with Crippen molar-refractivity contribution in [2.45, 2.75) is 39.2 Å². The van der Waals surface area contributed by atoms with Gasteiger partial charge in [0, 0.05) is 26.7 Å². The van der Waals surface area contributed by atoms with Crippen LogP contribution in [-0.2, 0) is 9.53 Å². The van der Waals surface area contributed by atoms with Crippen molar-refractivity contribution in [2.75, 3.05) is 40.4 Å². The molecule has 28 heavy (non-hydrogen) atoms.